The van der Waals surface area contributed by atoms with Crippen molar-refractivity contribution in [1.82, 2.24) is 20.7 Å². The van der Waals surface area contributed by atoms with Crippen molar-refractivity contribution in [2.24, 2.45) is 0 Å². The Morgan fingerprint density at radius 2 is 1.76 bits per heavy atom. The number of imide groups is 1. The molecule has 184 valence electrons. The molecule has 0 spiro atoms. The Labute approximate surface area is 212 Å². The third-order valence-electron chi connectivity index (χ3n) is 6.81. The monoisotopic (exact) mass is 494 g/mol. The third-order valence-corrected chi connectivity index (χ3v) is 6.81. The molecule has 37 heavy (non-hydrogen) atoms. The summed E-state index contributed by atoms with van der Waals surface area (Å²) in [7, 11) is 1.54. The van der Waals surface area contributed by atoms with Crippen LogP contribution in [0.15, 0.2) is 83.4 Å². The first-order chi connectivity index (χ1) is 18.0. The molecule has 6 rings (SSSR count). The van der Waals surface area contributed by atoms with E-state index in [0.717, 1.165) is 16.7 Å². The van der Waals surface area contributed by atoms with Gasteiger partial charge in [0.05, 0.1) is 13.7 Å². The summed E-state index contributed by atoms with van der Waals surface area (Å²) >= 11 is 0. The van der Waals surface area contributed by atoms with Crippen LogP contribution in [0.5, 0.6) is 5.75 Å². The lowest BCUT2D eigenvalue weighted by Gasteiger charge is -2.31. The first-order valence-corrected chi connectivity index (χ1v) is 11.7. The number of ether oxygens (including phenoxy) is 1. The molecule has 1 atom stereocenters. The molecule has 3 aromatic carbocycles. The van der Waals surface area contributed by atoms with E-state index in [9.17, 15) is 14.4 Å². The topological polar surface area (TPSA) is 114 Å². The smallest absolute Gasteiger partial charge is 0.322 e. The van der Waals surface area contributed by atoms with Crippen molar-refractivity contribution in [1.29, 1.82) is 0 Å². The maximum Gasteiger partial charge on any atom is 0.322 e. The van der Waals surface area contributed by atoms with Gasteiger partial charge in [0.25, 0.3) is 11.8 Å². The van der Waals surface area contributed by atoms with E-state index in [4.69, 9.17) is 9.26 Å². The number of nitrogens with one attached hydrogen (secondary N) is 2. The van der Waals surface area contributed by atoms with Gasteiger partial charge in [0.2, 0.25) is 0 Å². The molecule has 3 heterocycles. The van der Waals surface area contributed by atoms with E-state index in [1.54, 1.807) is 41.3 Å². The molecule has 0 saturated carbocycles. The van der Waals surface area contributed by atoms with E-state index in [0.29, 0.717) is 34.9 Å². The molecule has 0 aliphatic carbocycles. The maximum atomic E-state index is 13.2. The molecule has 2 aliphatic heterocycles. The predicted octanol–water partition coefficient (Wildman–Crippen LogP) is 3.71. The second-order valence-electron chi connectivity index (χ2n) is 9.02. The molecule has 2 aliphatic rings. The molecule has 0 radical (unpaired) electrons. The van der Waals surface area contributed by atoms with Crippen molar-refractivity contribution in [2.75, 3.05) is 13.7 Å². The number of methoxy groups -OCH3 is 1. The number of benzene rings is 3. The zero-order chi connectivity index (χ0) is 25.6. The van der Waals surface area contributed by atoms with Gasteiger partial charge in [0.1, 0.15) is 11.4 Å². The second kappa shape index (κ2) is 8.63. The van der Waals surface area contributed by atoms with E-state index < -0.39 is 17.5 Å². The van der Waals surface area contributed by atoms with E-state index in [1.807, 2.05) is 42.5 Å². The van der Waals surface area contributed by atoms with E-state index >= 15 is 0 Å². The minimum atomic E-state index is -1.44. The average molecular weight is 495 g/mol. The summed E-state index contributed by atoms with van der Waals surface area (Å²) in [4.78, 5) is 40.1. The van der Waals surface area contributed by atoms with Crippen LogP contribution >= 0.6 is 0 Å². The summed E-state index contributed by atoms with van der Waals surface area (Å²) < 4.78 is 10.8. The standard InChI is InChI=1S/C28H22N4O5/c1-36-21-12-9-19-15-32(25(33)22(19)13-21)16-28(26(34)29-27(35)30-28)20-10-7-18(8-11-20)24-14-23(31-37-24)17-5-3-2-4-6-17/h2-14H,15-16H2,1H3,(H2,29,30,34,35)/t28-/m0/s1. The molecular formula is C28H22N4O5. The summed E-state index contributed by atoms with van der Waals surface area (Å²) in [6.07, 6.45) is 0. The van der Waals surface area contributed by atoms with Crippen LogP contribution in [0, 0.1) is 0 Å². The summed E-state index contributed by atoms with van der Waals surface area (Å²) in [6.45, 7) is 0.293. The highest BCUT2D eigenvalue weighted by atomic mass is 16.5. The number of urea groups is 1. The van der Waals surface area contributed by atoms with E-state index in [2.05, 4.69) is 15.8 Å². The lowest BCUT2D eigenvalue weighted by molar-refractivity contribution is -0.124. The summed E-state index contributed by atoms with van der Waals surface area (Å²) in [5, 5.41) is 9.25. The Morgan fingerprint density at radius 3 is 2.46 bits per heavy atom. The largest absolute Gasteiger partial charge is 0.497 e. The lowest BCUT2D eigenvalue weighted by atomic mass is 9.88. The fourth-order valence-corrected chi connectivity index (χ4v) is 4.85. The molecule has 2 N–H and O–H groups in total. The van der Waals surface area contributed by atoms with Gasteiger partial charge in [-0.15, -0.1) is 0 Å². The van der Waals surface area contributed by atoms with Crippen LogP contribution in [-0.2, 0) is 16.9 Å². The highest BCUT2D eigenvalue weighted by molar-refractivity contribution is 6.08. The summed E-state index contributed by atoms with van der Waals surface area (Å²) in [5.74, 6) is 0.402. The van der Waals surface area contributed by atoms with Crippen LogP contribution in [0.3, 0.4) is 0 Å². The Kier molecular flexibility index (Phi) is 5.26. The number of hydrogen-bond acceptors (Lipinski definition) is 6. The lowest BCUT2D eigenvalue weighted by Crippen LogP contribution is -2.52. The quantitative estimate of drug-likeness (QED) is 0.395. The number of amides is 4. The van der Waals surface area contributed by atoms with Crippen molar-refractivity contribution < 1.29 is 23.6 Å². The summed E-state index contributed by atoms with van der Waals surface area (Å²) in [5.41, 5.74) is 2.87. The molecule has 9 heteroatoms. The average Bonchev–Trinajstić information content (AvgIpc) is 3.61. The summed E-state index contributed by atoms with van der Waals surface area (Å²) in [6, 6.07) is 23.3. The van der Waals surface area contributed by atoms with Gasteiger partial charge in [-0.05, 0) is 23.3 Å². The zero-order valence-corrected chi connectivity index (χ0v) is 19.9. The molecule has 9 nitrogen and oxygen atoms in total. The van der Waals surface area contributed by atoms with Gasteiger partial charge in [-0.25, -0.2) is 4.79 Å². The molecule has 0 unspecified atom stereocenters. The highest BCUT2D eigenvalue weighted by Gasteiger charge is 2.50. The van der Waals surface area contributed by atoms with Gasteiger partial charge in [-0.2, -0.15) is 0 Å². The first-order valence-electron chi connectivity index (χ1n) is 11.7. The maximum absolute atomic E-state index is 13.2. The SMILES string of the molecule is COc1ccc2c(c1)C(=O)N(C[C@@]1(c3ccc(-c4cc(-c5ccccc5)no4)cc3)NC(=O)NC1=O)C2. The Morgan fingerprint density at radius 1 is 0.973 bits per heavy atom. The van der Waals surface area contributed by atoms with Crippen molar-refractivity contribution in [3.8, 4) is 28.3 Å². The fourth-order valence-electron chi connectivity index (χ4n) is 4.85. The van der Waals surface area contributed by atoms with Gasteiger partial charge in [-0.3, -0.25) is 14.9 Å². The minimum Gasteiger partial charge on any atom is -0.497 e. The van der Waals surface area contributed by atoms with Crippen molar-refractivity contribution in [3.63, 3.8) is 0 Å². The zero-order valence-electron chi connectivity index (χ0n) is 19.9. The fraction of sp³-hybridized carbons (Fsp3) is 0.143. The number of carbonyl (C=O) groups is 3. The number of nitrogens with zero attached hydrogens (tertiary/aromatic N) is 2. The van der Waals surface area contributed by atoms with Crippen LogP contribution in [0.2, 0.25) is 0 Å². The molecule has 4 amide bonds. The number of carbonyl (C=O) groups excluding carboxylic acids is 3. The molecule has 1 aromatic heterocycles. The number of hydrogen-bond donors (Lipinski definition) is 2. The normalized spacial score (nSPS) is 18.5. The molecule has 0 bridgehead atoms. The number of aromatic nitrogens is 1. The van der Waals surface area contributed by atoms with E-state index in [1.165, 1.54) is 7.11 Å². The third kappa shape index (κ3) is 3.81. The van der Waals surface area contributed by atoms with Gasteiger partial charge < -0.3 is 19.5 Å². The molecule has 1 saturated heterocycles. The molecular weight excluding hydrogens is 472 g/mol. The highest BCUT2D eigenvalue weighted by Crippen LogP contribution is 2.34. The van der Waals surface area contributed by atoms with Crippen molar-refractivity contribution >= 4 is 17.8 Å². The van der Waals surface area contributed by atoms with Gasteiger partial charge in [0, 0.05) is 29.3 Å². The number of fused-ring (bicyclic) bond motifs is 1. The van der Waals surface area contributed by atoms with Crippen LogP contribution in [0.4, 0.5) is 4.79 Å². The first kappa shape index (κ1) is 22.5. The molecule has 1 fully saturated rings. The Bertz CT molecular complexity index is 1530. The van der Waals surface area contributed by atoms with Crippen LogP contribution in [-0.4, -0.2) is 41.6 Å². The second-order valence-corrected chi connectivity index (χ2v) is 9.02. The molecule has 4 aromatic rings. The van der Waals surface area contributed by atoms with Crippen LogP contribution in [0.25, 0.3) is 22.6 Å². The van der Waals surface area contributed by atoms with Crippen molar-refractivity contribution in [2.45, 2.75) is 12.1 Å². The Hall–Kier alpha value is -4.92. The predicted molar refractivity (Wildman–Crippen MR) is 133 cm³/mol. The number of rotatable bonds is 6. The van der Waals surface area contributed by atoms with Gasteiger partial charge >= 0.3 is 6.03 Å². The van der Waals surface area contributed by atoms with Gasteiger partial charge in [0.15, 0.2) is 11.3 Å². The van der Waals surface area contributed by atoms with Crippen molar-refractivity contribution in [3.05, 3.63) is 95.6 Å². The minimum absolute atomic E-state index is 0.0276. The van der Waals surface area contributed by atoms with E-state index in [-0.39, 0.29) is 12.5 Å². The van der Waals surface area contributed by atoms with Crippen LogP contribution in [0.1, 0.15) is 21.5 Å². The van der Waals surface area contributed by atoms with Crippen LogP contribution < -0.4 is 15.4 Å². The van der Waals surface area contributed by atoms with Gasteiger partial charge in [-0.1, -0.05) is 65.8 Å². The Balaban J connectivity index is 1.29.